The van der Waals surface area contributed by atoms with Crippen LogP contribution in [-0.2, 0) is 15.1 Å². The number of carbonyl (C=O) groups excluding carboxylic acids is 1. The summed E-state index contributed by atoms with van der Waals surface area (Å²) in [6, 6.07) is 9.37. The van der Waals surface area contributed by atoms with Crippen molar-refractivity contribution in [2.24, 2.45) is 5.92 Å². The molecule has 104 valence electrons. The van der Waals surface area contributed by atoms with Crippen molar-refractivity contribution in [3.8, 4) is 0 Å². The molecule has 4 heteroatoms. The van der Waals surface area contributed by atoms with Crippen molar-refractivity contribution in [2.45, 2.75) is 25.4 Å². The summed E-state index contributed by atoms with van der Waals surface area (Å²) in [6.07, 6.45) is 1.78. The Balaban J connectivity index is 1.88. The third kappa shape index (κ3) is 3.78. The van der Waals surface area contributed by atoms with Gasteiger partial charge in [-0.25, -0.2) is 0 Å². The van der Waals surface area contributed by atoms with Crippen molar-refractivity contribution in [1.29, 1.82) is 0 Å². The van der Waals surface area contributed by atoms with Gasteiger partial charge in [0.25, 0.3) is 0 Å². The molecule has 0 aromatic heterocycles. The van der Waals surface area contributed by atoms with Crippen LogP contribution in [0.25, 0.3) is 0 Å². The summed E-state index contributed by atoms with van der Waals surface area (Å²) in [5.41, 5.74) is -0.248. The van der Waals surface area contributed by atoms with Crippen molar-refractivity contribution in [3.05, 3.63) is 35.9 Å². The molecule has 1 fully saturated rings. The van der Waals surface area contributed by atoms with Crippen LogP contribution < -0.4 is 5.32 Å². The second kappa shape index (κ2) is 6.17. The number of hydrogen-bond acceptors (Lipinski definition) is 3. The Labute approximate surface area is 113 Å². The number of ether oxygens (including phenoxy) is 1. The van der Waals surface area contributed by atoms with E-state index in [9.17, 15) is 9.90 Å². The molecule has 0 bridgehead atoms. The topological polar surface area (TPSA) is 58.6 Å². The molecular weight excluding hydrogens is 242 g/mol. The molecule has 2 rings (SSSR count). The van der Waals surface area contributed by atoms with Crippen LogP contribution >= 0.6 is 0 Å². The number of aliphatic hydroxyl groups is 1. The average molecular weight is 263 g/mol. The molecule has 1 amide bonds. The van der Waals surface area contributed by atoms with Gasteiger partial charge < -0.3 is 15.2 Å². The van der Waals surface area contributed by atoms with Crippen LogP contribution in [-0.4, -0.2) is 30.8 Å². The van der Waals surface area contributed by atoms with Gasteiger partial charge in [0.2, 0.25) is 5.91 Å². The van der Waals surface area contributed by atoms with E-state index in [1.807, 2.05) is 30.3 Å². The summed E-state index contributed by atoms with van der Waals surface area (Å²) in [7, 11) is 0. The molecule has 2 N–H and O–H groups in total. The first-order chi connectivity index (χ1) is 9.09. The molecule has 1 aliphatic heterocycles. The molecule has 0 spiro atoms. The first-order valence-electron chi connectivity index (χ1n) is 6.73. The van der Waals surface area contributed by atoms with Gasteiger partial charge in [0, 0.05) is 6.61 Å². The largest absolute Gasteiger partial charge is 0.384 e. The summed E-state index contributed by atoms with van der Waals surface area (Å²) in [5, 5.41) is 13.2. The summed E-state index contributed by atoms with van der Waals surface area (Å²) >= 11 is 0. The average Bonchev–Trinajstić information content (AvgIpc) is 2.47. The summed E-state index contributed by atoms with van der Waals surface area (Å²) in [5.74, 6) is -0.115. The van der Waals surface area contributed by atoms with Gasteiger partial charge in [0.05, 0.1) is 19.1 Å². The second-order valence-corrected chi connectivity index (χ2v) is 5.27. The Morgan fingerprint density at radius 2 is 2.21 bits per heavy atom. The minimum absolute atomic E-state index is 0.0316. The highest BCUT2D eigenvalue weighted by Crippen LogP contribution is 2.20. The first-order valence-corrected chi connectivity index (χ1v) is 6.73. The van der Waals surface area contributed by atoms with Crippen molar-refractivity contribution in [2.75, 3.05) is 19.8 Å². The maximum Gasteiger partial charge on any atom is 0.225 e. The van der Waals surface area contributed by atoms with Crippen molar-refractivity contribution >= 4 is 5.91 Å². The first kappa shape index (κ1) is 14.0. The Kier molecular flexibility index (Phi) is 4.56. The zero-order valence-corrected chi connectivity index (χ0v) is 11.3. The van der Waals surface area contributed by atoms with E-state index in [4.69, 9.17) is 4.74 Å². The monoisotopic (exact) mass is 263 g/mol. The highest BCUT2D eigenvalue weighted by molar-refractivity contribution is 5.78. The van der Waals surface area contributed by atoms with Crippen LogP contribution in [0.5, 0.6) is 0 Å². The predicted molar refractivity (Wildman–Crippen MR) is 72.6 cm³/mol. The zero-order valence-electron chi connectivity index (χ0n) is 11.3. The molecule has 0 saturated carbocycles. The molecule has 4 nitrogen and oxygen atoms in total. The SMILES string of the molecule is CC(O)(CNC(=O)C1CCCOC1)c1ccccc1. The predicted octanol–water partition coefficient (Wildman–Crippen LogP) is 1.44. The van der Waals surface area contributed by atoms with Gasteiger partial charge in [0.1, 0.15) is 5.60 Å². The van der Waals surface area contributed by atoms with E-state index >= 15 is 0 Å². The number of rotatable bonds is 4. The fraction of sp³-hybridized carbons (Fsp3) is 0.533. The summed E-state index contributed by atoms with van der Waals surface area (Å²) in [6.45, 7) is 3.15. The Morgan fingerprint density at radius 3 is 2.84 bits per heavy atom. The molecule has 1 heterocycles. The third-order valence-electron chi connectivity index (χ3n) is 3.53. The van der Waals surface area contributed by atoms with Gasteiger partial charge in [0.15, 0.2) is 0 Å². The Morgan fingerprint density at radius 1 is 1.47 bits per heavy atom. The van der Waals surface area contributed by atoms with Gasteiger partial charge in [-0.15, -0.1) is 0 Å². The van der Waals surface area contributed by atoms with E-state index in [1.165, 1.54) is 0 Å². The summed E-state index contributed by atoms with van der Waals surface area (Å²) < 4.78 is 5.30. The third-order valence-corrected chi connectivity index (χ3v) is 3.53. The lowest BCUT2D eigenvalue weighted by Crippen LogP contribution is -2.43. The van der Waals surface area contributed by atoms with Gasteiger partial charge in [-0.3, -0.25) is 4.79 Å². The lowest BCUT2D eigenvalue weighted by atomic mass is 9.95. The highest BCUT2D eigenvalue weighted by Gasteiger charge is 2.26. The lowest BCUT2D eigenvalue weighted by molar-refractivity contribution is -0.130. The molecular formula is C15H21NO3. The summed E-state index contributed by atoms with van der Waals surface area (Å²) in [4.78, 5) is 12.0. The van der Waals surface area contributed by atoms with Crippen LogP contribution in [0.3, 0.4) is 0 Å². The van der Waals surface area contributed by atoms with E-state index in [0.29, 0.717) is 6.61 Å². The fourth-order valence-corrected chi connectivity index (χ4v) is 2.25. The van der Waals surface area contributed by atoms with E-state index in [-0.39, 0.29) is 18.4 Å². The molecule has 1 aliphatic rings. The van der Waals surface area contributed by atoms with Gasteiger partial charge in [-0.05, 0) is 25.3 Å². The van der Waals surface area contributed by atoms with E-state index in [1.54, 1.807) is 6.92 Å². The van der Waals surface area contributed by atoms with Crippen molar-refractivity contribution in [3.63, 3.8) is 0 Å². The van der Waals surface area contributed by atoms with E-state index in [2.05, 4.69) is 5.32 Å². The Bertz CT molecular complexity index is 411. The highest BCUT2D eigenvalue weighted by atomic mass is 16.5. The number of amides is 1. The standard InChI is InChI=1S/C15H21NO3/c1-15(18,13-7-3-2-4-8-13)11-16-14(17)12-6-5-9-19-10-12/h2-4,7-8,12,18H,5-6,9-11H2,1H3,(H,16,17). The van der Waals surface area contributed by atoms with Gasteiger partial charge in [-0.1, -0.05) is 30.3 Å². The minimum atomic E-state index is -1.05. The number of benzene rings is 1. The smallest absolute Gasteiger partial charge is 0.225 e. The van der Waals surface area contributed by atoms with Gasteiger partial charge in [-0.2, -0.15) is 0 Å². The maximum atomic E-state index is 12.0. The van der Waals surface area contributed by atoms with E-state index < -0.39 is 5.60 Å². The molecule has 2 atom stereocenters. The van der Waals surface area contributed by atoms with Crippen LogP contribution in [0.2, 0.25) is 0 Å². The Hall–Kier alpha value is -1.39. The van der Waals surface area contributed by atoms with E-state index in [0.717, 1.165) is 25.0 Å². The van der Waals surface area contributed by atoms with Crippen molar-refractivity contribution in [1.82, 2.24) is 5.32 Å². The number of hydrogen-bond donors (Lipinski definition) is 2. The van der Waals surface area contributed by atoms with Crippen LogP contribution in [0.15, 0.2) is 30.3 Å². The van der Waals surface area contributed by atoms with Crippen LogP contribution in [0.4, 0.5) is 0 Å². The lowest BCUT2D eigenvalue weighted by Gasteiger charge is -2.27. The molecule has 0 aliphatic carbocycles. The minimum Gasteiger partial charge on any atom is -0.384 e. The van der Waals surface area contributed by atoms with Crippen molar-refractivity contribution < 1.29 is 14.6 Å². The van der Waals surface area contributed by atoms with Crippen LogP contribution in [0, 0.1) is 5.92 Å². The number of nitrogens with one attached hydrogen (secondary N) is 1. The number of carbonyl (C=O) groups is 1. The molecule has 1 aromatic rings. The van der Waals surface area contributed by atoms with Gasteiger partial charge >= 0.3 is 0 Å². The maximum absolute atomic E-state index is 12.0. The second-order valence-electron chi connectivity index (χ2n) is 5.27. The molecule has 2 unspecified atom stereocenters. The molecule has 19 heavy (non-hydrogen) atoms. The quantitative estimate of drug-likeness (QED) is 0.864. The normalized spacial score (nSPS) is 22.5. The molecule has 1 saturated heterocycles. The fourth-order valence-electron chi connectivity index (χ4n) is 2.25. The van der Waals surface area contributed by atoms with Crippen LogP contribution in [0.1, 0.15) is 25.3 Å². The molecule has 1 aromatic carbocycles. The zero-order chi connectivity index (χ0) is 13.7. The molecule has 0 radical (unpaired) electrons.